The fourth-order valence-electron chi connectivity index (χ4n) is 1.04. The van der Waals surface area contributed by atoms with Crippen molar-refractivity contribution in [1.29, 1.82) is 0 Å². The van der Waals surface area contributed by atoms with E-state index in [9.17, 15) is 4.39 Å². The van der Waals surface area contributed by atoms with Gasteiger partial charge in [-0.2, -0.15) is 0 Å². The number of hydrogen-bond donors (Lipinski definition) is 2. The fourth-order valence-corrected chi connectivity index (χ4v) is 1.04. The second-order valence-corrected chi connectivity index (χ2v) is 2.72. The molecule has 2 nitrogen and oxygen atoms in total. The van der Waals surface area contributed by atoms with Crippen LogP contribution in [-0.2, 0) is 0 Å². The lowest BCUT2D eigenvalue weighted by Crippen LogP contribution is -2.10. The van der Waals surface area contributed by atoms with E-state index in [-0.39, 0.29) is 11.8 Å². The summed E-state index contributed by atoms with van der Waals surface area (Å²) in [6.07, 6.45) is 0.682. The van der Waals surface area contributed by atoms with Crippen molar-refractivity contribution in [2.75, 3.05) is 0 Å². The van der Waals surface area contributed by atoms with E-state index in [2.05, 4.69) is 0 Å². The van der Waals surface area contributed by atoms with Crippen molar-refractivity contribution in [2.24, 2.45) is 5.73 Å². The number of benzene rings is 1. The molecule has 0 spiro atoms. The zero-order valence-electron chi connectivity index (χ0n) is 6.92. The average molecular weight is 169 g/mol. The Morgan fingerprint density at radius 1 is 1.58 bits per heavy atom. The maximum Gasteiger partial charge on any atom is 0.131 e. The maximum atomic E-state index is 13.0. The van der Waals surface area contributed by atoms with Gasteiger partial charge in [0.2, 0.25) is 0 Å². The predicted octanol–water partition coefficient (Wildman–Crippen LogP) is 1.94. The first kappa shape index (κ1) is 9.00. The summed E-state index contributed by atoms with van der Waals surface area (Å²) in [6.45, 7) is 1.89. The van der Waals surface area contributed by atoms with Crippen LogP contribution in [0.3, 0.4) is 0 Å². The van der Waals surface area contributed by atoms with Crippen molar-refractivity contribution in [3.63, 3.8) is 0 Å². The van der Waals surface area contributed by atoms with E-state index in [1.807, 2.05) is 6.92 Å². The topological polar surface area (TPSA) is 46.2 Å². The van der Waals surface area contributed by atoms with E-state index in [0.717, 1.165) is 6.07 Å². The Hall–Kier alpha value is -1.09. The van der Waals surface area contributed by atoms with Crippen molar-refractivity contribution in [3.05, 3.63) is 29.6 Å². The lowest BCUT2D eigenvalue weighted by molar-refractivity contribution is 0.466. The first-order chi connectivity index (χ1) is 5.65. The molecule has 1 rings (SSSR count). The van der Waals surface area contributed by atoms with Gasteiger partial charge in [-0.1, -0.05) is 13.0 Å². The first-order valence-corrected chi connectivity index (χ1v) is 3.89. The molecule has 1 aromatic carbocycles. The van der Waals surface area contributed by atoms with Crippen molar-refractivity contribution in [2.45, 2.75) is 19.4 Å². The molecule has 0 heterocycles. The number of hydrogen-bond acceptors (Lipinski definition) is 2. The maximum absolute atomic E-state index is 13.0. The molecular weight excluding hydrogens is 157 g/mol. The summed E-state index contributed by atoms with van der Waals surface area (Å²) in [7, 11) is 0. The van der Waals surface area contributed by atoms with Crippen molar-refractivity contribution in [1.82, 2.24) is 0 Å². The van der Waals surface area contributed by atoms with Gasteiger partial charge in [-0.05, 0) is 12.5 Å². The number of rotatable bonds is 2. The number of halogens is 1. The summed E-state index contributed by atoms with van der Waals surface area (Å²) >= 11 is 0. The van der Waals surface area contributed by atoms with Gasteiger partial charge < -0.3 is 10.8 Å². The second-order valence-electron chi connectivity index (χ2n) is 2.72. The van der Waals surface area contributed by atoms with Crippen LogP contribution in [0.1, 0.15) is 24.9 Å². The minimum absolute atomic E-state index is 0.0699. The van der Waals surface area contributed by atoms with Crippen LogP contribution < -0.4 is 5.73 Å². The highest BCUT2D eigenvalue weighted by Gasteiger charge is 2.09. The van der Waals surface area contributed by atoms with Gasteiger partial charge in [0.05, 0.1) is 0 Å². The molecule has 12 heavy (non-hydrogen) atoms. The molecule has 3 heteroatoms. The van der Waals surface area contributed by atoms with Gasteiger partial charge in [0, 0.05) is 17.7 Å². The van der Waals surface area contributed by atoms with Crippen LogP contribution in [0.5, 0.6) is 5.75 Å². The molecule has 0 aliphatic heterocycles. The van der Waals surface area contributed by atoms with Gasteiger partial charge in [0.25, 0.3) is 0 Å². The molecule has 0 unspecified atom stereocenters. The van der Waals surface area contributed by atoms with Gasteiger partial charge in [0.1, 0.15) is 11.6 Å². The van der Waals surface area contributed by atoms with Crippen LogP contribution in [0, 0.1) is 5.82 Å². The molecule has 0 saturated carbocycles. The van der Waals surface area contributed by atoms with Crippen LogP contribution in [-0.4, -0.2) is 5.11 Å². The summed E-state index contributed by atoms with van der Waals surface area (Å²) in [5.41, 5.74) is 6.08. The standard InChI is InChI=1S/C9H12FNO/c1-2-9(11)7-4-3-6(12)5-8(7)10/h3-5,9,12H,2,11H2,1H3/t9-/m1/s1. The van der Waals surface area contributed by atoms with Gasteiger partial charge in [-0.15, -0.1) is 0 Å². The molecule has 1 atom stereocenters. The van der Waals surface area contributed by atoms with Crippen LogP contribution in [0.2, 0.25) is 0 Å². The molecule has 66 valence electrons. The van der Waals surface area contributed by atoms with Crippen LogP contribution in [0.25, 0.3) is 0 Å². The van der Waals surface area contributed by atoms with Crippen LogP contribution in [0.4, 0.5) is 4.39 Å². The van der Waals surface area contributed by atoms with E-state index in [1.165, 1.54) is 12.1 Å². The Labute approximate surface area is 70.8 Å². The molecule has 0 amide bonds. The van der Waals surface area contributed by atoms with Gasteiger partial charge in [-0.25, -0.2) is 4.39 Å². The first-order valence-electron chi connectivity index (χ1n) is 3.89. The number of nitrogens with two attached hydrogens (primary N) is 1. The third-order valence-corrected chi connectivity index (χ3v) is 1.82. The largest absolute Gasteiger partial charge is 0.508 e. The van der Waals surface area contributed by atoms with Gasteiger partial charge in [-0.3, -0.25) is 0 Å². The SMILES string of the molecule is CC[C@@H](N)c1ccc(O)cc1F. The van der Waals surface area contributed by atoms with E-state index < -0.39 is 5.82 Å². The third-order valence-electron chi connectivity index (χ3n) is 1.82. The third kappa shape index (κ3) is 1.74. The Kier molecular flexibility index (Phi) is 2.65. The zero-order valence-corrected chi connectivity index (χ0v) is 6.92. The quantitative estimate of drug-likeness (QED) is 0.710. The molecule has 0 aliphatic carbocycles. The van der Waals surface area contributed by atoms with Gasteiger partial charge >= 0.3 is 0 Å². The van der Waals surface area contributed by atoms with Crippen LogP contribution in [0.15, 0.2) is 18.2 Å². The van der Waals surface area contributed by atoms with Crippen LogP contribution >= 0.6 is 0 Å². The lowest BCUT2D eigenvalue weighted by Gasteiger charge is -2.09. The van der Waals surface area contributed by atoms with Crippen molar-refractivity contribution < 1.29 is 9.50 Å². The summed E-state index contributed by atoms with van der Waals surface area (Å²) in [5, 5.41) is 8.91. The monoisotopic (exact) mass is 169 g/mol. The normalized spacial score (nSPS) is 12.9. The molecule has 3 N–H and O–H groups in total. The zero-order chi connectivity index (χ0) is 9.14. The molecular formula is C9H12FNO. The van der Waals surface area contributed by atoms with E-state index >= 15 is 0 Å². The minimum atomic E-state index is -0.440. The second kappa shape index (κ2) is 3.54. The molecule has 0 fully saturated rings. The predicted molar refractivity (Wildman–Crippen MR) is 45.3 cm³/mol. The summed E-state index contributed by atoms with van der Waals surface area (Å²) in [5.74, 6) is -0.510. The average Bonchev–Trinajstić information content (AvgIpc) is 2.03. The van der Waals surface area contributed by atoms with E-state index in [1.54, 1.807) is 0 Å². The number of phenols is 1. The number of aromatic hydroxyl groups is 1. The summed E-state index contributed by atoms with van der Waals surface area (Å²) in [6, 6.07) is 3.74. The van der Waals surface area contributed by atoms with Crippen molar-refractivity contribution in [3.8, 4) is 5.75 Å². The molecule has 0 radical (unpaired) electrons. The molecule has 0 aromatic heterocycles. The number of phenolic OH excluding ortho intramolecular Hbond substituents is 1. The molecule has 0 aliphatic rings. The fraction of sp³-hybridized carbons (Fsp3) is 0.333. The van der Waals surface area contributed by atoms with E-state index in [4.69, 9.17) is 10.8 Å². The Morgan fingerprint density at radius 3 is 2.75 bits per heavy atom. The van der Waals surface area contributed by atoms with E-state index in [0.29, 0.717) is 12.0 Å². The van der Waals surface area contributed by atoms with Gasteiger partial charge in [0.15, 0.2) is 0 Å². The Bertz CT molecular complexity index is 275. The Morgan fingerprint density at radius 2 is 2.25 bits per heavy atom. The lowest BCUT2D eigenvalue weighted by atomic mass is 10.1. The van der Waals surface area contributed by atoms with Crippen molar-refractivity contribution >= 4 is 0 Å². The highest BCUT2D eigenvalue weighted by Crippen LogP contribution is 2.21. The molecule has 1 aromatic rings. The molecule has 0 bridgehead atoms. The summed E-state index contributed by atoms with van der Waals surface area (Å²) < 4.78 is 13.0. The smallest absolute Gasteiger partial charge is 0.131 e. The minimum Gasteiger partial charge on any atom is -0.508 e. The Balaban J connectivity index is 3.01. The highest BCUT2D eigenvalue weighted by molar-refractivity contribution is 5.29. The highest BCUT2D eigenvalue weighted by atomic mass is 19.1. The molecule has 0 saturated heterocycles. The summed E-state index contributed by atoms with van der Waals surface area (Å²) in [4.78, 5) is 0.